The quantitative estimate of drug-likeness (QED) is 0.410. The van der Waals surface area contributed by atoms with Gasteiger partial charge in [-0.3, -0.25) is 0 Å². The highest BCUT2D eigenvalue weighted by Crippen LogP contribution is 2.40. The first-order chi connectivity index (χ1) is 11.9. The van der Waals surface area contributed by atoms with Crippen molar-refractivity contribution < 1.29 is 9.47 Å². The van der Waals surface area contributed by atoms with Crippen LogP contribution in [-0.4, -0.2) is 13.7 Å². The molecule has 0 aromatic heterocycles. The van der Waals surface area contributed by atoms with E-state index in [0.29, 0.717) is 5.88 Å². The van der Waals surface area contributed by atoms with Gasteiger partial charge >= 0.3 is 0 Å². The van der Waals surface area contributed by atoms with Gasteiger partial charge in [0.1, 0.15) is 11.5 Å². The van der Waals surface area contributed by atoms with Crippen molar-refractivity contribution in [1.82, 2.24) is 0 Å². The van der Waals surface area contributed by atoms with Gasteiger partial charge in [-0.1, -0.05) is 46.2 Å². The average molecular weight is 361 g/mol. The van der Waals surface area contributed by atoms with Crippen LogP contribution in [0.1, 0.15) is 51.7 Å². The molecule has 0 aliphatic carbocycles. The molecule has 0 heterocycles. The number of hydrogen-bond donors (Lipinski definition) is 0. The first-order valence-corrected chi connectivity index (χ1v) is 9.44. The van der Waals surface area contributed by atoms with Crippen molar-refractivity contribution in [2.45, 2.75) is 51.8 Å². The molecule has 0 aliphatic heterocycles. The van der Waals surface area contributed by atoms with Crippen molar-refractivity contribution in [3.05, 3.63) is 47.5 Å². The number of unbranched alkanes of at least 4 members (excludes halogenated alkanes) is 1. The minimum Gasteiger partial charge on any atom is -0.497 e. The highest BCUT2D eigenvalue weighted by molar-refractivity contribution is 6.17. The van der Waals surface area contributed by atoms with E-state index < -0.39 is 0 Å². The van der Waals surface area contributed by atoms with Gasteiger partial charge in [-0.2, -0.15) is 0 Å². The standard InChI is InChI=1S/C22H29ClO2/c1-6-7-12-25-21-11-9-17(24-5)14-19(21)18-13-16(15-23)8-10-20(18)22(2,3)4/h8-11,13-14H,6-7,12,15H2,1-5H3. The van der Waals surface area contributed by atoms with Gasteiger partial charge < -0.3 is 9.47 Å². The van der Waals surface area contributed by atoms with Crippen LogP contribution in [0.15, 0.2) is 36.4 Å². The average Bonchev–Trinajstić information content (AvgIpc) is 2.60. The van der Waals surface area contributed by atoms with E-state index >= 15 is 0 Å². The van der Waals surface area contributed by atoms with Gasteiger partial charge in [0.2, 0.25) is 0 Å². The Morgan fingerprint density at radius 1 is 1.00 bits per heavy atom. The maximum Gasteiger partial charge on any atom is 0.127 e. The molecule has 0 fully saturated rings. The molecule has 0 spiro atoms. The van der Waals surface area contributed by atoms with Crippen LogP contribution in [0.3, 0.4) is 0 Å². The zero-order valence-corrected chi connectivity index (χ0v) is 16.7. The van der Waals surface area contributed by atoms with Crippen molar-refractivity contribution >= 4 is 11.6 Å². The number of rotatable bonds is 7. The first kappa shape index (κ1) is 19.7. The Morgan fingerprint density at radius 2 is 1.76 bits per heavy atom. The lowest BCUT2D eigenvalue weighted by Gasteiger charge is -2.25. The molecular formula is C22H29ClO2. The van der Waals surface area contributed by atoms with Crippen LogP contribution in [-0.2, 0) is 11.3 Å². The second-order valence-corrected chi connectivity index (χ2v) is 7.59. The summed E-state index contributed by atoms with van der Waals surface area (Å²) in [7, 11) is 1.69. The topological polar surface area (TPSA) is 18.5 Å². The molecule has 2 nitrogen and oxygen atoms in total. The van der Waals surface area contributed by atoms with Gasteiger partial charge in [-0.25, -0.2) is 0 Å². The van der Waals surface area contributed by atoms with Gasteiger partial charge in [0.25, 0.3) is 0 Å². The van der Waals surface area contributed by atoms with E-state index in [9.17, 15) is 0 Å². The molecule has 136 valence electrons. The Hall–Kier alpha value is -1.67. The van der Waals surface area contributed by atoms with Crippen molar-refractivity contribution in [2.24, 2.45) is 0 Å². The van der Waals surface area contributed by atoms with E-state index in [-0.39, 0.29) is 5.41 Å². The molecular weight excluding hydrogens is 332 g/mol. The highest BCUT2D eigenvalue weighted by atomic mass is 35.5. The summed E-state index contributed by atoms with van der Waals surface area (Å²) in [5, 5.41) is 0. The summed E-state index contributed by atoms with van der Waals surface area (Å²) < 4.78 is 11.5. The molecule has 0 amide bonds. The number of benzene rings is 2. The molecule has 2 aromatic rings. The van der Waals surface area contributed by atoms with Crippen LogP contribution < -0.4 is 9.47 Å². The first-order valence-electron chi connectivity index (χ1n) is 8.91. The van der Waals surface area contributed by atoms with Crippen molar-refractivity contribution in [3.8, 4) is 22.6 Å². The van der Waals surface area contributed by atoms with Crippen molar-refractivity contribution in [1.29, 1.82) is 0 Å². The summed E-state index contributed by atoms with van der Waals surface area (Å²) in [6.07, 6.45) is 2.15. The summed E-state index contributed by atoms with van der Waals surface area (Å²) in [6.45, 7) is 9.56. The molecule has 25 heavy (non-hydrogen) atoms. The Bertz CT molecular complexity index is 702. The molecule has 0 radical (unpaired) electrons. The fourth-order valence-electron chi connectivity index (χ4n) is 2.85. The van der Waals surface area contributed by atoms with Gasteiger partial charge in [0, 0.05) is 11.4 Å². The zero-order valence-electron chi connectivity index (χ0n) is 16.0. The van der Waals surface area contributed by atoms with Crippen LogP contribution in [0.4, 0.5) is 0 Å². The molecule has 0 atom stereocenters. The van der Waals surface area contributed by atoms with E-state index in [4.69, 9.17) is 21.1 Å². The number of ether oxygens (including phenoxy) is 2. The molecule has 0 saturated heterocycles. The molecule has 2 rings (SSSR count). The minimum atomic E-state index is 0.0178. The molecule has 0 aliphatic rings. The smallest absolute Gasteiger partial charge is 0.127 e. The number of halogens is 1. The number of alkyl halides is 1. The second kappa shape index (κ2) is 8.62. The predicted molar refractivity (Wildman–Crippen MR) is 107 cm³/mol. The summed E-state index contributed by atoms with van der Waals surface area (Å²) >= 11 is 6.10. The Morgan fingerprint density at radius 3 is 2.36 bits per heavy atom. The fourth-order valence-corrected chi connectivity index (χ4v) is 3.02. The van der Waals surface area contributed by atoms with E-state index in [1.807, 2.05) is 12.1 Å². The predicted octanol–water partition coefficient (Wildman–Crippen LogP) is 6.58. The van der Waals surface area contributed by atoms with Crippen LogP contribution >= 0.6 is 11.6 Å². The lowest BCUT2D eigenvalue weighted by atomic mass is 9.81. The summed E-state index contributed by atoms with van der Waals surface area (Å²) in [5.74, 6) is 2.22. The molecule has 0 saturated carbocycles. The highest BCUT2D eigenvalue weighted by Gasteiger charge is 2.21. The van der Waals surface area contributed by atoms with E-state index in [1.54, 1.807) is 7.11 Å². The Balaban J connectivity index is 2.61. The lowest BCUT2D eigenvalue weighted by molar-refractivity contribution is 0.310. The largest absolute Gasteiger partial charge is 0.497 e. The third kappa shape index (κ3) is 4.92. The van der Waals surface area contributed by atoms with Crippen LogP contribution in [0, 0.1) is 0 Å². The molecule has 0 unspecified atom stereocenters. The van der Waals surface area contributed by atoms with Gasteiger partial charge in [-0.05, 0) is 52.8 Å². The van der Waals surface area contributed by atoms with E-state index in [0.717, 1.165) is 47.6 Å². The zero-order chi connectivity index (χ0) is 18.4. The van der Waals surface area contributed by atoms with Gasteiger partial charge in [-0.15, -0.1) is 11.6 Å². The van der Waals surface area contributed by atoms with Gasteiger partial charge in [0.15, 0.2) is 0 Å². The van der Waals surface area contributed by atoms with Crippen LogP contribution in [0.5, 0.6) is 11.5 Å². The molecule has 0 N–H and O–H groups in total. The maximum atomic E-state index is 6.10. The van der Waals surface area contributed by atoms with Crippen molar-refractivity contribution in [3.63, 3.8) is 0 Å². The SMILES string of the molecule is CCCCOc1ccc(OC)cc1-c1cc(CCl)ccc1C(C)(C)C. The third-order valence-corrected chi connectivity index (χ3v) is 4.59. The Labute approximate surface area is 157 Å². The van der Waals surface area contributed by atoms with Gasteiger partial charge in [0.05, 0.1) is 13.7 Å². The monoisotopic (exact) mass is 360 g/mol. The molecule has 3 heteroatoms. The minimum absolute atomic E-state index is 0.0178. The van der Waals surface area contributed by atoms with E-state index in [2.05, 4.69) is 52.0 Å². The summed E-state index contributed by atoms with van der Waals surface area (Å²) in [4.78, 5) is 0. The van der Waals surface area contributed by atoms with Crippen LogP contribution in [0.2, 0.25) is 0 Å². The normalized spacial score (nSPS) is 11.4. The number of methoxy groups -OCH3 is 1. The third-order valence-electron chi connectivity index (χ3n) is 4.28. The Kier molecular flexibility index (Phi) is 6.78. The second-order valence-electron chi connectivity index (χ2n) is 7.33. The maximum absolute atomic E-state index is 6.10. The van der Waals surface area contributed by atoms with E-state index in [1.165, 1.54) is 5.56 Å². The molecule has 0 bridgehead atoms. The fraction of sp³-hybridized carbons (Fsp3) is 0.455. The van der Waals surface area contributed by atoms with Crippen LogP contribution in [0.25, 0.3) is 11.1 Å². The van der Waals surface area contributed by atoms with Crippen molar-refractivity contribution in [2.75, 3.05) is 13.7 Å². The summed E-state index contributed by atoms with van der Waals surface area (Å²) in [5.41, 5.74) is 4.62. The summed E-state index contributed by atoms with van der Waals surface area (Å²) in [6, 6.07) is 12.5. The lowest BCUT2D eigenvalue weighted by Crippen LogP contribution is -2.13. The number of hydrogen-bond acceptors (Lipinski definition) is 2. The molecule has 2 aromatic carbocycles.